The van der Waals surface area contributed by atoms with Crippen molar-refractivity contribution < 1.29 is 14.2 Å². The van der Waals surface area contributed by atoms with Crippen LogP contribution < -0.4 is 10.1 Å². The molecule has 4 rings (SSSR count). The highest BCUT2D eigenvalue weighted by atomic mass is 16.5. The molecule has 1 N–H and O–H groups in total. The van der Waals surface area contributed by atoms with Crippen molar-refractivity contribution in [1.82, 2.24) is 19.9 Å². The van der Waals surface area contributed by atoms with Gasteiger partial charge < -0.3 is 19.5 Å². The van der Waals surface area contributed by atoms with Gasteiger partial charge in [-0.3, -0.25) is 9.88 Å². The predicted octanol–water partition coefficient (Wildman–Crippen LogP) is 3.73. The molecule has 1 aliphatic rings. The number of rotatable bonds is 9. The lowest BCUT2D eigenvalue weighted by molar-refractivity contribution is -0.0351. The van der Waals surface area contributed by atoms with Crippen LogP contribution in [0.25, 0.3) is 0 Å². The van der Waals surface area contributed by atoms with Crippen LogP contribution >= 0.6 is 0 Å². The normalized spacial score (nSPS) is 16.6. The Labute approximate surface area is 188 Å². The molecule has 0 spiro atoms. The van der Waals surface area contributed by atoms with Gasteiger partial charge in [-0.1, -0.05) is 12.1 Å². The van der Waals surface area contributed by atoms with Crippen LogP contribution in [0.1, 0.15) is 29.8 Å². The van der Waals surface area contributed by atoms with Crippen molar-refractivity contribution in [3.05, 3.63) is 71.8 Å². The number of pyridine rings is 1. The van der Waals surface area contributed by atoms with Gasteiger partial charge in [0.2, 0.25) is 0 Å². The number of hydrogen-bond donors (Lipinski definition) is 1. The third-order valence-corrected chi connectivity index (χ3v) is 5.20. The number of methoxy groups -OCH3 is 1. The molecular weight excluding hydrogens is 406 g/mol. The van der Waals surface area contributed by atoms with Gasteiger partial charge in [-0.15, -0.1) is 0 Å². The lowest BCUT2D eigenvalue weighted by Crippen LogP contribution is -2.38. The Hall–Kier alpha value is -3.07. The van der Waals surface area contributed by atoms with E-state index in [1.165, 1.54) is 0 Å². The summed E-state index contributed by atoms with van der Waals surface area (Å²) in [4.78, 5) is 15.5. The minimum atomic E-state index is -0.106. The van der Waals surface area contributed by atoms with Crippen molar-refractivity contribution in [2.24, 2.45) is 0 Å². The van der Waals surface area contributed by atoms with Gasteiger partial charge in [-0.2, -0.15) is 0 Å². The molecule has 168 valence electrons. The summed E-state index contributed by atoms with van der Waals surface area (Å²) in [7, 11) is 1.71. The van der Waals surface area contributed by atoms with Gasteiger partial charge in [0, 0.05) is 44.7 Å². The summed E-state index contributed by atoms with van der Waals surface area (Å²) in [6.45, 7) is 6.26. The molecule has 0 aliphatic carbocycles. The van der Waals surface area contributed by atoms with Crippen molar-refractivity contribution in [2.45, 2.75) is 26.2 Å². The Morgan fingerprint density at radius 1 is 1.19 bits per heavy atom. The van der Waals surface area contributed by atoms with E-state index < -0.39 is 0 Å². The molecule has 0 radical (unpaired) electrons. The van der Waals surface area contributed by atoms with E-state index in [0.29, 0.717) is 25.6 Å². The highest BCUT2D eigenvalue weighted by Gasteiger charge is 2.24. The summed E-state index contributed by atoms with van der Waals surface area (Å²) in [5, 5.41) is 3.19. The molecule has 0 saturated carbocycles. The third-order valence-electron chi connectivity index (χ3n) is 5.20. The maximum atomic E-state index is 6.07. The monoisotopic (exact) mass is 435 g/mol. The van der Waals surface area contributed by atoms with Gasteiger partial charge in [-0.25, -0.2) is 9.97 Å². The average Bonchev–Trinajstić information content (AvgIpc) is 2.82. The number of nitrogens with zero attached hydrogens (tertiary/aromatic N) is 4. The first kappa shape index (κ1) is 22.1. The average molecular weight is 436 g/mol. The molecule has 8 heteroatoms. The zero-order chi connectivity index (χ0) is 22.2. The molecule has 1 aromatic carbocycles. The van der Waals surface area contributed by atoms with Crippen molar-refractivity contribution in [2.75, 3.05) is 38.7 Å². The third kappa shape index (κ3) is 5.79. The van der Waals surface area contributed by atoms with E-state index in [9.17, 15) is 0 Å². The van der Waals surface area contributed by atoms with Gasteiger partial charge in [-0.05, 0) is 36.8 Å². The Bertz CT molecular complexity index is 1000. The summed E-state index contributed by atoms with van der Waals surface area (Å²) in [6.07, 6.45) is 4.85. The van der Waals surface area contributed by atoms with Crippen molar-refractivity contribution in [1.29, 1.82) is 0 Å². The van der Waals surface area contributed by atoms with Crippen LogP contribution in [0.2, 0.25) is 0 Å². The van der Waals surface area contributed by atoms with E-state index in [1.807, 2.05) is 31.2 Å². The Kier molecular flexibility index (Phi) is 7.60. The zero-order valence-electron chi connectivity index (χ0n) is 18.5. The van der Waals surface area contributed by atoms with E-state index in [-0.39, 0.29) is 6.10 Å². The molecule has 1 unspecified atom stereocenters. The van der Waals surface area contributed by atoms with E-state index in [0.717, 1.165) is 48.0 Å². The molecule has 2 aromatic heterocycles. The fraction of sp³-hybridized carbons (Fsp3) is 0.375. The van der Waals surface area contributed by atoms with Crippen LogP contribution in [0.15, 0.2) is 55.0 Å². The summed E-state index contributed by atoms with van der Waals surface area (Å²) in [5.41, 5.74) is 3.19. The quantitative estimate of drug-likeness (QED) is 0.544. The van der Waals surface area contributed by atoms with Crippen LogP contribution in [0, 0.1) is 0 Å². The van der Waals surface area contributed by atoms with Crippen LogP contribution in [-0.4, -0.2) is 53.3 Å². The largest absolute Gasteiger partial charge is 0.494 e. The maximum Gasteiger partial charge on any atom is 0.150 e. The summed E-state index contributed by atoms with van der Waals surface area (Å²) >= 11 is 0. The Morgan fingerprint density at radius 3 is 2.94 bits per heavy atom. The lowest BCUT2D eigenvalue weighted by Gasteiger charge is -2.33. The second kappa shape index (κ2) is 11.0. The molecule has 3 heterocycles. The fourth-order valence-corrected chi connectivity index (χ4v) is 3.77. The van der Waals surface area contributed by atoms with E-state index in [1.54, 1.807) is 25.7 Å². The minimum Gasteiger partial charge on any atom is -0.494 e. The molecule has 0 amide bonds. The number of ether oxygens (including phenoxy) is 3. The van der Waals surface area contributed by atoms with Gasteiger partial charge in [0.1, 0.15) is 23.5 Å². The first-order valence-electron chi connectivity index (χ1n) is 10.8. The van der Waals surface area contributed by atoms with Crippen LogP contribution in [0.4, 0.5) is 11.6 Å². The Balaban J connectivity index is 1.46. The van der Waals surface area contributed by atoms with Crippen LogP contribution in [-0.2, 0) is 22.6 Å². The van der Waals surface area contributed by atoms with Gasteiger partial charge in [0.15, 0.2) is 0 Å². The topological polar surface area (TPSA) is 81.6 Å². The summed E-state index contributed by atoms with van der Waals surface area (Å²) < 4.78 is 17.2. The number of nitrogens with one attached hydrogen (secondary N) is 1. The van der Waals surface area contributed by atoms with Gasteiger partial charge in [0.05, 0.1) is 31.7 Å². The summed E-state index contributed by atoms with van der Waals surface area (Å²) in [6, 6.07) is 12.1. The van der Waals surface area contributed by atoms with E-state index >= 15 is 0 Å². The first-order valence-corrected chi connectivity index (χ1v) is 10.8. The zero-order valence-corrected chi connectivity index (χ0v) is 18.5. The fourth-order valence-electron chi connectivity index (χ4n) is 3.77. The van der Waals surface area contributed by atoms with Gasteiger partial charge in [0.25, 0.3) is 0 Å². The number of anilines is 2. The molecule has 1 saturated heterocycles. The van der Waals surface area contributed by atoms with Crippen molar-refractivity contribution >= 4 is 11.6 Å². The SMILES string of the molecule is CCOc1ccc(COC)cc1CN1CCOC(c2cccc(Nc3cnccn3)n2)C1. The number of benzene rings is 1. The number of hydrogen-bond acceptors (Lipinski definition) is 8. The van der Waals surface area contributed by atoms with E-state index in [4.69, 9.17) is 19.2 Å². The first-order chi connectivity index (χ1) is 15.7. The van der Waals surface area contributed by atoms with Crippen molar-refractivity contribution in [3.8, 4) is 5.75 Å². The molecule has 32 heavy (non-hydrogen) atoms. The number of aromatic nitrogens is 3. The molecule has 1 aliphatic heterocycles. The van der Waals surface area contributed by atoms with Gasteiger partial charge >= 0.3 is 0 Å². The van der Waals surface area contributed by atoms with Crippen LogP contribution in [0.3, 0.4) is 0 Å². The standard InChI is InChI=1S/C24H29N5O3/c1-3-31-21-8-7-18(17-30-2)13-19(21)15-29-11-12-32-22(16-29)20-5-4-6-23(27-20)28-24-14-25-9-10-26-24/h4-10,13-14,22H,3,11-12,15-17H2,1-2H3,(H,26,27,28). The maximum absolute atomic E-state index is 6.07. The molecular formula is C24H29N5O3. The van der Waals surface area contributed by atoms with Crippen molar-refractivity contribution in [3.63, 3.8) is 0 Å². The highest BCUT2D eigenvalue weighted by molar-refractivity contribution is 5.50. The predicted molar refractivity (Wildman–Crippen MR) is 122 cm³/mol. The Morgan fingerprint density at radius 2 is 2.12 bits per heavy atom. The highest BCUT2D eigenvalue weighted by Crippen LogP contribution is 2.27. The lowest BCUT2D eigenvalue weighted by atomic mass is 10.1. The molecule has 1 atom stereocenters. The molecule has 8 nitrogen and oxygen atoms in total. The molecule has 3 aromatic rings. The second-order valence-electron chi connectivity index (χ2n) is 7.57. The minimum absolute atomic E-state index is 0.106. The second-order valence-corrected chi connectivity index (χ2v) is 7.57. The summed E-state index contributed by atoms with van der Waals surface area (Å²) in [5.74, 6) is 2.29. The molecule has 0 bridgehead atoms. The smallest absolute Gasteiger partial charge is 0.150 e. The molecule has 1 fully saturated rings. The van der Waals surface area contributed by atoms with Crippen LogP contribution in [0.5, 0.6) is 5.75 Å². The van der Waals surface area contributed by atoms with E-state index in [2.05, 4.69) is 32.3 Å². The number of morpholine rings is 1.